The molecule has 6 nitrogen and oxygen atoms in total. The molecule has 1 aliphatic heterocycles. The lowest BCUT2D eigenvalue weighted by atomic mass is 9.95. The highest BCUT2D eigenvalue weighted by atomic mass is 16.5. The van der Waals surface area contributed by atoms with E-state index in [0.29, 0.717) is 5.82 Å². The van der Waals surface area contributed by atoms with Crippen LogP contribution in [0.15, 0.2) is 66.9 Å². The molecule has 6 heteroatoms. The predicted octanol–water partition coefficient (Wildman–Crippen LogP) is 3.71. The molecule has 0 saturated heterocycles. The van der Waals surface area contributed by atoms with Gasteiger partial charge < -0.3 is 10.1 Å². The maximum Gasteiger partial charge on any atom is 0.321 e. The van der Waals surface area contributed by atoms with Gasteiger partial charge in [-0.05, 0) is 53.8 Å². The minimum Gasteiger partial charge on any atom is -0.493 e. The van der Waals surface area contributed by atoms with Gasteiger partial charge in [-0.3, -0.25) is 5.32 Å². The molecule has 2 amide bonds. The second-order valence-electron chi connectivity index (χ2n) is 6.37. The van der Waals surface area contributed by atoms with Crippen LogP contribution in [0.2, 0.25) is 0 Å². The molecule has 0 aliphatic carbocycles. The average molecular weight is 360 g/mol. The number of aromatic nitrogens is 2. The second-order valence-corrected chi connectivity index (χ2v) is 6.37. The van der Waals surface area contributed by atoms with Crippen LogP contribution in [0.25, 0.3) is 0 Å². The molecule has 1 atom stereocenters. The molecule has 0 unspecified atom stereocenters. The Hall–Kier alpha value is -3.41. The van der Waals surface area contributed by atoms with E-state index < -0.39 is 0 Å². The van der Waals surface area contributed by atoms with Crippen LogP contribution < -0.4 is 15.4 Å². The van der Waals surface area contributed by atoms with Gasteiger partial charge in [0.25, 0.3) is 0 Å². The van der Waals surface area contributed by atoms with Crippen LogP contribution in [0.4, 0.5) is 10.6 Å². The number of nitrogens with one attached hydrogen (secondary N) is 2. The Morgan fingerprint density at radius 1 is 1.04 bits per heavy atom. The summed E-state index contributed by atoms with van der Waals surface area (Å²) in [6.07, 6.45) is 3.55. The van der Waals surface area contributed by atoms with Crippen molar-refractivity contribution in [3.05, 3.63) is 83.6 Å². The first-order valence-electron chi connectivity index (χ1n) is 8.95. The molecule has 1 aromatic heterocycles. The lowest BCUT2D eigenvalue weighted by Gasteiger charge is -2.23. The van der Waals surface area contributed by atoms with Crippen molar-refractivity contribution in [2.24, 2.45) is 0 Å². The van der Waals surface area contributed by atoms with Crippen LogP contribution in [0, 0.1) is 0 Å². The Morgan fingerprint density at radius 2 is 1.93 bits per heavy atom. The summed E-state index contributed by atoms with van der Waals surface area (Å²) in [6, 6.07) is 18.8. The van der Waals surface area contributed by atoms with Gasteiger partial charge in [-0.25, -0.2) is 4.79 Å². The molecule has 0 bridgehead atoms. The number of hydrogen-bond donors (Lipinski definition) is 2. The monoisotopic (exact) mass is 360 g/mol. The molecule has 3 aromatic rings. The number of fused-ring (bicyclic) bond motifs is 1. The van der Waals surface area contributed by atoms with E-state index in [1.807, 2.05) is 42.5 Å². The Kier molecular flexibility index (Phi) is 4.96. The van der Waals surface area contributed by atoms with E-state index in [4.69, 9.17) is 4.74 Å². The summed E-state index contributed by atoms with van der Waals surface area (Å²) in [5.41, 5.74) is 3.19. The first-order valence-corrected chi connectivity index (χ1v) is 8.95. The Bertz CT molecular complexity index is 916. The Labute approximate surface area is 157 Å². The average Bonchev–Trinajstić information content (AvgIpc) is 2.73. The molecular weight excluding hydrogens is 340 g/mol. The number of ether oxygens (including phenoxy) is 1. The number of carbonyl (C=O) groups is 1. The number of anilines is 1. The fourth-order valence-corrected chi connectivity index (χ4v) is 3.22. The van der Waals surface area contributed by atoms with E-state index in [1.54, 1.807) is 18.3 Å². The molecule has 0 saturated carbocycles. The second kappa shape index (κ2) is 7.86. The summed E-state index contributed by atoms with van der Waals surface area (Å²) in [5, 5.41) is 13.4. The van der Waals surface area contributed by atoms with Gasteiger partial charge in [0.2, 0.25) is 0 Å². The summed E-state index contributed by atoms with van der Waals surface area (Å²) in [5.74, 6) is 1.33. The van der Waals surface area contributed by atoms with Crippen molar-refractivity contribution in [2.45, 2.75) is 18.9 Å². The van der Waals surface area contributed by atoms with Gasteiger partial charge >= 0.3 is 6.03 Å². The third-order valence-electron chi connectivity index (χ3n) is 4.49. The molecule has 136 valence electrons. The van der Waals surface area contributed by atoms with E-state index in [-0.39, 0.29) is 12.1 Å². The number of amides is 2. The summed E-state index contributed by atoms with van der Waals surface area (Å²) < 4.78 is 5.71. The standard InChI is InChI=1S/C21H20N4O2/c26-21(23-19-9-4-12-22-25-19)24-20(15-6-2-1-3-7-15)17-10-11-18-16(14-17)8-5-13-27-18/h1-4,6-7,9-12,14,20H,5,8,13H2,(H2,23,24,25,26)/t20-/m1/s1. The number of nitrogens with zero attached hydrogens (tertiary/aromatic N) is 2. The molecule has 2 N–H and O–H groups in total. The SMILES string of the molecule is O=C(Nc1cccnn1)N[C@H](c1ccccc1)c1ccc2c(c1)CCCO2. The van der Waals surface area contributed by atoms with Crippen molar-refractivity contribution in [1.82, 2.24) is 15.5 Å². The van der Waals surface area contributed by atoms with Crippen LogP contribution >= 0.6 is 0 Å². The summed E-state index contributed by atoms with van der Waals surface area (Å²) in [4.78, 5) is 12.5. The third kappa shape index (κ3) is 4.06. The van der Waals surface area contributed by atoms with Crippen LogP contribution in [0.5, 0.6) is 5.75 Å². The summed E-state index contributed by atoms with van der Waals surface area (Å²) in [7, 11) is 0. The van der Waals surface area contributed by atoms with Gasteiger partial charge in [0.05, 0.1) is 12.6 Å². The molecule has 2 aromatic carbocycles. The normalized spacial score (nSPS) is 13.8. The minimum atomic E-state index is -0.335. The van der Waals surface area contributed by atoms with E-state index in [9.17, 15) is 4.79 Å². The fraction of sp³-hybridized carbons (Fsp3) is 0.190. The quantitative estimate of drug-likeness (QED) is 0.744. The molecule has 0 fully saturated rings. The molecular formula is C21H20N4O2. The van der Waals surface area contributed by atoms with Crippen molar-refractivity contribution < 1.29 is 9.53 Å². The van der Waals surface area contributed by atoms with Gasteiger partial charge in [-0.2, -0.15) is 5.10 Å². The smallest absolute Gasteiger partial charge is 0.321 e. The molecule has 0 radical (unpaired) electrons. The Balaban J connectivity index is 1.61. The highest BCUT2D eigenvalue weighted by Gasteiger charge is 2.20. The van der Waals surface area contributed by atoms with E-state index in [2.05, 4.69) is 26.9 Å². The zero-order chi connectivity index (χ0) is 18.5. The van der Waals surface area contributed by atoms with E-state index >= 15 is 0 Å². The highest BCUT2D eigenvalue weighted by Crippen LogP contribution is 2.30. The number of rotatable bonds is 4. The maximum atomic E-state index is 12.5. The van der Waals surface area contributed by atoms with Crippen LogP contribution in [-0.4, -0.2) is 22.8 Å². The van der Waals surface area contributed by atoms with Crippen molar-refractivity contribution in [3.63, 3.8) is 0 Å². The zero-order valence-corrected chi connectivity index (χ0v) is 14.8. The van der Waals surface area contributed by atoms with Gasteiger partial charge in [0.1, 0.15) is 5.75 Å². The van der Waals surface area contributed by atoms with Gasteiger partial charge in [0, 0.05) is 6.20 Å². The highest BCUT2D eigenvalue weighted by molar-refractivity contribution is 5.88. The van der Waals surface area contributed by atoms with Crippen LogP contribution in [0.1, 0.15) is 29.2 Å². The van der Waals surface area contributed by atoms with Crippen molar-refractivity contribution in [1.29, 1.82) is 0 Å². The number of benzene rings is 2. The Morgan fingerprint density at radius 3 is 2.74 bits per heavy atom. The van der Waals surface area contributed by atoms with E-state index in [0.717, 1.165) is 36.3 Å². The lowest BCUT2D eigenvalue weighted by Crippen LogP contribution is -2.33. The number of hydrogen-bond acceptors (Lipinski definition) is 4. The zero-order valence-electron chi connectivity index (χ0n) is 14.8. The third-order valence-corrected chi connectivity index (χ3v) is 4.49. The summed E-state index contributed by atoms with van der Waals surface area (Å²) in [6.45, 7) is 0.757. The molecule has 2 heterocycles. The van der Waals surface area contributed by atoms with Crippen molar-refractivity contribution in [2.75, 3.05) is 11.9 Å². The number of aryl methyl sites for hydroxylation is 1. The van der Waals surface area contributed by atoms with Crippen molar-refractivity contribution >= 4 is 11.8 Å². The lowest BCUT2D eigenvalue weighted by molar-refractivity contribution is 0.250. The van der Waals surface area contributed by atoms with Gasteiger partial charge in [-0.15, -0.1) is 5.10 Å². The fourth-order valence-electron chi connectivity index (χ4n) is 3.22. The molecule has 0 spiro atoms. The van der Waals surface area contributed by atoms with Gasteiger partial charge in [0.15, 0.2) is 5.82 Å². The summed E-state index contributed by atoms with van der Waals surface area (Å²) >= 11 is 0. The first kappa shape index (κ1) is 17.0. The van der Waals surface area contributed by atoms with Gasteiger partial charge in [-0.1, -0.05) is 36.4 Å². The van der Waals surface area contributed by atoms with Crippen LogP contribution in [0.3, 0.4) is 0 Å². The molecule has 27 heavy (non-hydrogen) atoms. The maximum absolute atomic E-state index is 12.5. The molecule has 4 rings (SSSR count). The first-order chi connectivity index (χ1) is 13.3. The largest absolute Gasteiger partial charge is 0.493 e. The number of urea groups is 1. The predicted molar refractivity (Wildman–Crippen MR) is 103 cm³/mol. The van der Waals surface area contributed by atoms with E-state index in [1.165, 1.54) is 5.56 Å². The topological polar surface area (TPSA) is 76.1 Å². The minimum absolute atomic E-state index is 0.282. The van der Waals surface area contributed by atoms with Crippen molar-refractivity contribution in [3.8, 4) is 5.75 Å². The number of carbonyl (C=O) groups excluding carboxylic acids is 1. The molecule has 1 aliphatic rings. The van der Waals surface area contributed by atoms with Crippen LogP contribution in [-0.2, 0) is 6.42 Å².